The maximum atomic E-state index is 12.1. The van der Waals surface area contributed by atoms with E-state index in [1.165, 1.54) is 0 Å². The largest absolute Gasteiger partial charge is 0.496 e. The second-order valence-electron chi connectivity index (χ2n) is 4.87. The van der Waals surface area contributed by atoms with Crippen molar-refractivity contribution in [2.45, 2.75) is 25.6 Å². The molecule has 2 aromatic rings. The molecular weight excluding hydrogens is 279 g/mol. The van der Waals surface area contributed by atoms with Gasteiger partial charge in [0.1, 0.15) is 5.75 Å². The first-order chi connectivity index (χ1) is 10.0. The van der Waals surface area contributed by atoms with Crippen LogP contribution in [0.15, 0.2) is 36.4 Å². The van der Waals surface area contributed by atoms with Crippen molar-refractivity contribution in [1.29, 1.82) is 0 Å². The molecule has 2 nitrogen and oxygen atoms in total. The van der Waals surface area contributed by atoms with Gasteiger partial charge >= 0.3 is 6.18 Å². The molecular formula is C16H18F3NO. The zero-order chi connectivity index (χ0) is 15.3. The van der Waals surface area contributed by atoms with Crippen molar-refractivity contribution >= 4 is 10.8 Å². The van der Waals surface area contributed by atoms with E-state index < -0.39 is 12.6 Å². The van der Waals surface area contributed by atoms with E-state index >= 15 is 0 Å². The minimum absolute atomic E-state index is 0.0948. The molecule has 0 heterocycles. The van der Waals surface area contributed by atoms with Crippen LogP contribution in [0, 0.1) is 0 Å². The second kappa shape index (κ2) is 6.80. The molecule has 0 atom stereocenters. The monoisotopic (exact) mass is 297 g/mol. The third kappa shape index (κ3) is 4.36. The van der Waals surface area contributed by atoms with E-state index in [9.17, 15) is 13.2 Å². The van der Waals surface area contributed by atoms with Crippen molar-refractivity contribution in [3.8, 4) is 5.75 Å². The Hall–Kier alpha value is -1.75. The van der Waals surface area contributed by atoms with E-state index in [0.29, 0.717) is 13.1 Å². The zero-order valence-corrected chi connectivity index (χ0v) is 11.8. The Labute approximate surface area is 121 Å². The maximum Gasteiger partial charge on any atom is 0.389 e. The van der Waals surface area contributed by atoms with Crippen LogP contribution < -0.4 is 10.1 Å². The van der Waals surface area contributed by atoms with Crippen molar-refractivity contribution in [3.05, 3.63) is 42.0 Å². The summed E-state index contributed by atoms with van der Waals surface area (Å²) in [5, 5.41) is 5.13. The topological polar surface area (TPSA) is 21.3 Å². The summed E-state index contributed by atoms with van der Waals surface area (Å²) in [4.78, 5) is 0. The second-order valence-corrected chi connectivity index (χ2v) is 4.87. The molecule has 0 saturated heterocycles. The van der Waals surface area contributed by atoms with Gasteiger partial charge in [-0.1, -0.05) is 30.3 Å². The minimum atomic E-state index is -4.07. The summed E-state index contributed by atoms with van der Waals surface area (Å²) in [5.74, 6) is 0.798. The number of ether oxygens (including phenoxy) is 1. The average molecular weight is 297 g/mol. The van der Waals surface area contributed by atoms with Crippen LogP contribution in [0.5, 0.6) is 5.75 Å². The van der Waals surface area contributed by atoms with Gasteiger partial charge in [0, 0.05) is 18.4 Å². The van der Waals surface area contributed by atoms with Gasteiger partial charge in [-0.05, 0) is 30.0 Å². The van der Waals surface area contributed by atoms with Gasteiger partial charge < -0.3 is 10.1 Å². The molecule has 2 rings (SSSR count). The number of methoxy groups -OCH3 is 1. The highest BCUT2D eigenvalue weighted by atomic mass is 19.4. The first-order valence-electron chi connectivity index (χ1n) is 6.83. The number of benzene rings is 2. The molecule has 0 saturated carbocycles. The fraction of sp³-hybridized carbons (Fsp3) is 0.375. The van der Waals surface area contributed by atoms with E-state index in [1.807, 2.05) is 36.4 Å². The number of halogens is 3. The summed E-state index contributed by atoms with van der Waals surface area (Å²) < 4.78 is 41.5. The number of hydrogen-bond acceptors (Lipinski definition) is 2. The standard InChI is InChI=1S/C16H18F3NO/c1-21-15-8-7-12(13-5-2-3-6-14(13)15)11-20-10-4-9-16(17,18)19/h2-3,5-8,20H,4,9-11H2,1H3. The lowest BCUT2D eigenvalue weighted by Crippen LogP contribution is -2.17. The molecule has 0 radical (unpaired) electrons. The van der Waals surface area contributed by atoms with Gasteiger partial charge in [0.2, 0.25) is 0 Å². The molecule has 0 amide bonds. The Morgan fingerprint density at radius 2 is 1.76 bits per heavy atom. The maximum absolute atomic E-state index is 12.1. The number of nitrogens with one attached hydrogen (secondary N) is 1. The summed E-state index contributed by atoms with van der Waals surface area (Å²) in [6, 6.07) is 11.7. The molecule has 2 aromatic carbocycles. The molecule has 5 heteroatoms. The average Bonchev–Trinajstić information content (AvgIpc) is 2.45. The number of rotatable bonds is 6. The number of alkyl halides is 3. The molecule has 0 aliphatic heterocycles. The normalized spacial score (nSPS) is 11.8. The summed E-state index contributed by atoms with van der Waals surface area (Å²) in [5.41, 5.74) is 1.05. The lowest BCUT2D eigenvalue weighted by molar-refractivity contribution is -0.135. The van der Waals surface area contributed by atoms with Crippen molar-refractivity contribution in [3.63, 3.8) is 0 Å². The van der Waals surface area contributed by atoms with Crippen LogP contribution in [0.25, 0.3) is 10.8 Å². The van der Waals surface area contributed by atoms with Crippen molar-refractivity contribution < 1.29 is 17.9 Å². The molecule has 0 bridgehead atoms. The van der Waals surface area contributed by atoms with Crippen LogP contribution in [0.4, 0.5) is 13.2 Å². The SMILES string of the molecule is COc1ccc(CNCCCC(F)(F)F)c2ccccc12. The quantitative estimate of drug-likeness (QED) is 0.804. The number of hydrogen-bond donors (Lipinski definition) is 1. The smallest absolute Gasteiger partial charge is 0.389 e. The van der Waals surface area contributed by atoms with Crippen LogP contribution in [-0.4, -0.2) is 19.8 Å². The van der Waals surface area contributed by atoms with E-state index in [0.717, 1.165) is 22.1 Å². The molecule has 1 N–H and O–H groups in total. The van der Waals surface area contributed by atoms with Crippen LogP contribution in [0.1, 0.15) is 18.4 Å². The van der Waals surface area contributed by atoms with Crippen LogP contribution in [-0.2, 0) is 6.54 Å². The fourth-order valence-electron chi connectivity index (χ4n) is 2.30. The molecule has 0 spiro atoms. The van der Waals surface area contributed by atoms with Crippen molar-refractivity contribution in [2.75, 3.05) is 13.7 Å². The Balaban J connectivity index is 2.00. The van der Waals surface area contributed by atoms with E-state index in [-0.39, 0.29) is 6.42 Å². The van der Waals surface area contributed by atoms with Crippen LogP contribution >= 0.6 is 0 Å². The van der Waals surface area contributed by atoms with Gasteiger partial charge in [-0.25, -0.2) is 0 Å². The predicted molar refractivity (Wildman–Crippen MR) is 77.5 cm³/mol. The summed E-state index contributed by atoms with van der Waals surface area (Å²) >= 11 is 0. The van der Waals surface area contributed by atoms with Gasteiger partial charge in [-0.3, -0.25) is 0 Å². The third-order valence-corrected chi connectivity index (χ3v) is 3.32. The van der Waals surface area contributed by atoms with E-state index in [2.05, 4.69) is 5.32 Å². The van der Waals surface area contributed by atoms with E-state index in [4.69, 9.17) is 4.74 Å². The fourth-order valence-corrected chi connectivity index (χ4v) is 2.30. The van der Waals surface area contributed by atoms with Gasteiger partial charge in [-0.2, -0.15) is 13.2 Å². The highest BCUT2D eigenvalue weighted by molar-refractivity contribution is 5.91. The summed E-state index contributed by atoms with van der Waals surface area (Å²) in [6.07, 6.45) is -4.73. The van der Waals surface area contributed by atoms with Gasteiger partial charge in [0.25, 0.3) is 0 Å². The zero-order valence-electron chi connectivity index (χ0n) is 11.8. The lowest BCUT2D eigenvalue weighted by Gasteiger charge is -2.11. The van der Waals surface area contributed by atoms with Crippen LogP contribution in [0.3, 0.4) is 0 Å². The molecule has 0 aromatic heterocycles. The predicted octanol–water partition coefficient (Wildman–Crippen LogP) is 4.28. The third-order valence-electron chi connectivity index (χ3n) is 3.32. The Morgan fingerprint density at radius 3 is 2.43 bits per heavy atom. The van der Waals surface area contributed by atoms with E-state index in [1.54, 1.807) is 7.11 Å². The van der Waals surface area contributed by atoms with Gasteiger partial charge in [-0.15, -0.1) is 0 Å². The molecule has 0 aliphatic carbocycles. The Morgan fingerprint density at radius 1 is 1.05 bits per heavy atom. The molecule has 0 aliphatic rings. The molecule has 21 heavy (non-hydrogen) atoms. The lowest BCUT2D eigenvalue weighted by atomic mass is 10.0. The molecule has 0 fully saturated rings. The Kier molecular flexibility index (Phi) is 5.07. The van der Waals surface area contributed by atoms with Gasteiger partial charge in [0.15, 0.2) is 0 Å². The summed E-state index contributed by atoms with van der Waals surface area (Å²) in [6.45, 7) is 0.891. The first-order valence-corrected chi connectivity index (χ1v) is 6.83. The van der Waals surface area contributed by atoms with Crippen LogP contribution in [0.2, 0.25) is 0 Å². The summed E-state index contributed by atoms with van der Waals surface area (Å²) in [7, 11) is 1.62. The van der Waals surface area contributed by atoms with Crippen molar-refractivity contribution in [1.82, 2.24) is 5.32 Å². The van der Waals surface area contributed by atoms with Gasteiger partial charge in [0.05, 0.1) is 7.11 Å². The molecule has 114 valence electrons. The highest BCUT2D eigenvalue weighted by Gasteiger charge is 2.25. The Bertz CT molecular complexity index is 596. The highest BCUT2D eigenvalue weighted by Crippen LogP contribution is 2.28. The number of fused-ring (bicyclic) bond motifs is 1. The molecule has 0 unspecified atom stereocenters. The first kappa shape index (κ1) is 15.6. The van der Waals surface area contributed by atoms with Crippen molar-refractivity contribution in [2.24, 2.45) is 0 Å². The minimum Gasteiger partial charge on any atom is -0.496 e.